The molecule has 0 spiro atoms. The minimum atomic E-state index is -0.533. The van der Waals surface area contributed by atoms with Crippen LogP contribution in [0.5, 0.6) is 0 Å². The zero-order valence-electron chi connectivity index (χ0n) is 17.8. The van der Waals surface area contributed by atoms with Crippen LogP contribution in [0.3, 0.4) is 0 Å². The molecule has 1 aliphatic rings. The number of nitrogens with zero attached hydrogens (tertiary/aromatic N) is 3. The highest BCUT2D eigenvalue weighted by Gasteiger charge is 2.29. The SMILES string of the molecule is CCOC(=O)N1CCC(NC(=O)C(CC)n2c3ccccc3c3cn[nH]c(=O)c32)CC1. The number of carbonyl (C=O) groups is 2. The molecular weight excluding hydrogens is 398 g/mol. The second-order valence-corrected chi connectivity index (χ2v) is 7.74. The predicted molar refractivity (Wildman–Crippen MR) is 117 cm³/mol. The Balaban J connectivity index is 1.58. The number of likely N-dealkylation sites (tertiary alicyclic amines) is 1. The third-order valence-corrected chi connectivity index (χ3v) is 5.89. The predicted octanol–water partition coefficient (Wildman–Crippen LogP) is 2.57. The van der Waals surface area contributed by atoms with Crippen LogP contribution < -0.4 is 10.9 Å². The van der Waals surface area contributed by atoms with Crippen molar-refractivity contribution in [2.24, 2.45) is 0 Å². The van der Waals surface area contributed by atoms with Crippen molar-refractivity contribution < 1.29 is 14.3 Å². The van der Waals surface area contributed by atoms with E-state index in [9.17, 15) is 14.4 Å². The van der Waals surface area contributed by atoms with Crippen LogP contribution in [0.15, 0.2) is 35.3 Å². The smallest absolute Gasteiger partial charge is 0.409 e. The number of nitrogens with one attached hydrogen (secondary N) is 2. The molecule has 1 unspecified atom stereocenters. The van der Waals surface area contributed by atoms with Gasteiger partial charge in [0.2, 0.25) is 5.91 Å². The van der Waals surface area contributed by atoms with Crippen LogP contribution in [0.25, 0.3) is 21.8 Å². The number of ether oxygens (including phenoxy) is 1. The number of fused-ring (bicyclic) bond motifs is 3. The Hall–Kier alpha value is -3.36. The van der Waals surface area contributed by atoms with Gasteiger partial charge in [0.25, 0.3) is 5.56 Å². The van der Waals surface area contributed by atoms with E-state index in [4.69, 9.17) is 4.74 Å². The minimum Gasteiger partial charge on any atom is -0.450 e. The molecular formula is C22H27N5O4. The lowest BCUT2D eigenvalue weighted by Gasteiger charge is -2.32. The molecule has 0 aliphatic carbocycles. The third kappa shape index (κ3) is 3.87. The fraction of sp³-hybridized carbons (Fsp3) is 0.455. The maximum absolute atomic E-state index is 13.3. The van der Waals surface area contributed by atoms with Gasteiger partial charge in [0.05, 0.1) is 18.3 Å². The molecule has 9 nitrogen and oxygen atoms in total. The van der Waals surface area contributed by atoms with Gasteiger partial charge in [-0.15, -0.1) is 0 Å². The van der Waals surface area contributed by atoms with Crippen LogP contribution in [-0.2, 0) is 9.53 Å². The summed E-state index contributed by atoms with van der Waals surface area (Å²) in [5.74, 6) is -0.129. The summed E-state index contributed by atoms with van der Waals surface area (Å²) < 4.78 is 6.88. The van der Waals surface area contributed by atoms with Crippen molar-refractivity contribution in [2.45, 2.75) is 45.2 Å². The molecule has 1 fully saturated rings. The summed E-state index contributed by atoms with van der Waals surface area (Å²) in [4.78, 5) is 39.5. The number of piperidine rings is 1. The first-order valence-electron chi connectivity index (χ1n) is 10.7. The lowest BCUT2D eigenvalue weighted by atomic mass is 10.0. The molecule has 31 heavy (non-hydrogen) atoms. The van der Waals surface area contributed by atoms with Crippen LogP contribution in [0, 0.1) is 0 Å². The van der Waals surface area contributed by atoms with Crippen molar-refractivity contribution in [1.82, 2.24) is 25.0 Å². The summed E-state index contributed by atoms with van der Waals surface area (Å²) in [6, 6.07) is 7.10. The summed E-state index contributed by atoms with van der Waals surface area (Å²) >= 11 is 0. The van der Waals surface area contributed by atoms with E-state index in [0.29, 0.717) is 44.5 Å². The Morgan fingerprint density at radius 2 is 1.97 bits per heavy atom. The normalized spacial score (nSPS) is 15.9. The quantitative estimate of drug-likeness (QED) is 0.653. The first kappa shape index (κ1) is 20.9. The van der Waals surface area contributed by atoms with E-state index < -0.39 is 6.04 Å². The Labute approximate surface area is 179 Å². The summed E-state index contributed by atoms with van der Waals surface area (Å²) in [6.45, 7) is 5.15. The van der Waals surface area contributed by atoms with Gasteiger partial charge in [-0.1, -0.05) is 25.1 Å². The molecule has 0 radical (unpaired) electrons. The second-order valence-electron chi connectivity index (χ2n) is 7.74. The van der Waals surface area contributed by atoms with Crippen LogP contribution >= 0.6 is 0 Å². The van der Waals surface area contributed by atoms with Crippen molar-refractivity contribution in [1.29, 1.82) is 0 Å². The fourth-order valence-corrected chi connectivity index (χ4v) is 4.39. The summed E-state index contributed by atoms with van der Waals surface area (Å²) in [6.07, 6.45) is 3.18. The van der Waals surface area contributed by atoms with E-state index in [0.717, 1.165) is 16.3 Å². The number of amides is 2. The molecule has 1 saturated heterocycles. The van der Waals surface area contributed by atoms with Gasteiger partial charge in [-0.3, -0.25) is 9.59 Å². The van der Waals surface area contributed by atoms with Gasteiger partial charge in [-0.2, -0.15) is 5.10 Å². The van der Waals surface area contributed by atoms with Crippen LogP contribution in [0.4, 0.5) is 4.79 Å². The lowest BCUT2D eigenvalue weighted by molar-refractivity contribution is -0.125. The van der Waals surface area contributed by atoms with E-state index in [2.05, 4.69) is 15.5 Å². The highest BCUT2D eigenvalue weighted by atomic mass is 16.6. The van der Waals surface area contributed by atoms with Crippen molar-refractivity contribution >= 4 is 33.8 Å². The van der Waals surface area contributed by atoms with Gasteiger partial charge < -0.3 is 19.5 Å². The molecule has 1 atom stereocenters. The van der Waals surface area contributed by atoms with Gasteiger partial charge in [-0.25, -0.2) is 9.89 Å². The van der Waals surface area contributed by atoms with Gasteiger partial charge >= 0.3 is 6.09 Å². The van der Waals surface area contributed by atoms with Gasteiger partial charge in [0, 0.05) is 29.9 Å². The number of hydrogen-bond donors (Lipinski definition) is 2. The van der Waals surface area contributed by atoms with Crippen molar-refractivity contribution in [3.63, 3.8) is 0 Å². The highest BCUT2D eigenvalue weighted by Crippen LogP contribution is 2.30. The number of aromatic amines is 1. The van der Waals surface area contributed by atoms with Crippen molar-refractivity contribution in [2.75, 3.05) is 19.7 Å². The Bertz CT molecular complexity index is 1160. The Morgan fingerprint density at radius 1 is 1.23 bits per heavy atom. The molecule has 3 aromatic rings. The molecule has 9 heteroatoms. The van der Waals surface area contributed by atoms with Crippen LogP contribution in [-0.4, -0.2) is 57.4 Å². The largest absolute Gasteiger partial charge is 0.450 e. The average molecular weight is 425 g/mol. The first-order valence-corrected chi connectivity index (χ1v) is 10.7. The monoisotopic (exact) mass is 425 g/mol. The molecule has 0 bridgehead atoms. The fourth-order valence-electron chi connectivity index (χ4n) is 4.39. The minimum absolute atomic E-state index is 0.0275. The molecule has 1 aromatic carbocycles. The second kappa shape index (κ2) is 8.79. The molecule has 2 amide bonds. The molecule has 2 aromatic heterocycles. The molecule has 1 aliphatic heterocycles. The zero-order chi connectivity index (χ0) is 22.0. The van der Waals surface area contributed by atoms with Gasteiger partial charge in [0.1, 0.15) is 11.6 Å². The molecule has 3 heterocycles. The maximum Gasteiger partial charge on any atom is 0.409 e. The summed E-state index contributed by atoms with van der Waals surface area (Å²) in [5, 5.41) is 11.2. The maximum atomic E-state index is 13.3. The molecule has 0 saturated carbocycles. The third-order valence-electron chi connectivity index (χ3n) is 5.89. The molecule has 164 valence electrons. The van der Waals surface area contributed by atoms with E-state index >= 15 is 0 Å². The van der Waals surface area contributed by atoms with Crippen LogP contribution in [0.2, 0.25) is 0 Å². The average Bonchev–Trinajstić information content (AvgIpc) is 3.11. The van der Waals surface area contributed by atoms with Crippen molar-refractivity contribution in [3.8, 4) is 0 Å². The first-order chi connectivity index (χ1) is 15.0. The van der Waals surface area contributed by atoms with Crippen molar-refractivity contribution in [3.05, 3.63) is 40.8 Å². The van der Waals surface area contributed by atoms with E-state index in [-0.39, 0.29) is 23.6 Å². The number of rotatable bonds is 5. The van der Waals surface area contributed by atoms with E-state index in [1.807, 2.05) is 35.8 Å². The number of carbonyl (C=O) groups excluding carboxylic acids is 2. The Morgan fingerprint density at radius 3 is 2.68 bits per heavy atom. The van der Waals surface area contributed by atoms with Crippen LogP contribution in [0.1, 0.15) is 39.2 Å². The number of para-hydroxylation sites is 1. The van der Waals surface area contributed by atoms with E-state index in [1.54, 1.807) is 18.0 Å². The van der Waals surface area contributed by atoms with Gasteiger partial charge in [0.15, 0.2) is 0 Å². The lowest BCUT2D eigenvalue weighted by Crippen LogP contribution is -2.48. The number of aromatic nitrogens is 3. The van der Waals surface area contributed by atoms with Gasteiger partial charge in [-0.05, 0) is 32.3 Å². The number of benzene rings is 1. The summed E-state index contributed by atoms with van der Waals surface area (Å²) in [7, 11) is 0. The Kier molecular flexibility index (Phi) is 5.92. The topological polar surface area (TPSA) is 109 Å². The zero-order valence-corrected chi connectivity index (χ0v) is 17.8. The number of H-pyrrole nitrogens is 1. The standard InChI is InChI=1S/C22H27N5O4/c1-3-17(20(28)24-14-9-11-26(12-10-14)22(30)31-4-2)27-18-8-6-5-7-15(18)16-13-23-25-21(29)19(16)27/h5-8,13-14,17H,3-4,9-12H2,1-2H3,(H,24,28)(H,25,29). The van der Waals surface area contributed by atoms with E-state index in [1.165, 1.54) is 0 Å². The molecule has 4 rings (SSSR count). The summed E-state index contributed by atoms with van der Waals surface area (Å²) in [5.41, 5.74) is 0.966. The highest BCUT2D eigenvalue weighted by molar-refractivity contribution is 6.08. The number of hydrogen-bond acceptors (Lipinski definition) is 5. The molecule has 2 N–H and O–H groups in total.